The summed E-state index contributed by atoms with van der Waals surface area (Å²) in [5, 5.41) is 6.11. The number of nitrogens with zero attached hydrogens (tertiary/aromatic N) is 4. The monoisotopic (exact) mass is 896 g/mol. The van der Waals surface area contributed by atoms with Gasteiger partial charge >= 0.3 is 0 Å². The molecular weight excluding hydrogens is 833 g/mol. The molecule has 4 saturated heterocycles. The number of piperidine rings is 4. The topological polar surface area (TPSA) is 158 Å². The molecule has 5 aliphatic heterocycles. The van der Waals surface area contributed by atoms with E-state index in [1.54, 1.807) is 30.3 Å². The van der Waals surface area contributed by atoms with Crippen molar-refractivity contribution in [3.63, 3.8) is 0 Å². The second kappa shape index (κ2) is 20.1. The summed E-state index contributed by atoms with van der Waals surface area (Å²) in [4.78, 5) is 60.6. The molecule has 15 heteroatoms. The number of carbonyl (C=O) groups excluding carboxylic acids is 4. The highest BCUT2D eigenvalue weighted by molar-refractivity contribution is 7.90. The zero-order valence-corrected chi connectivity index (χ0v) is 38.4. The van der Waals surface area contributed by atoms with Crippen LogP contribution in [0.25, 0.3) is 0 Å². The fraction of sp³-hybridized carbons (Fsp3) is 0.551. The van der Waals surface area contributed by atoms with Crippen molar-refractivity contribution in [1.82, 2.24) is 24.9 Å². The Morgan fingerprint density at radius 3 is 2.05 bits per heavy atom. The number of carbonyl (C=O) groups is 4. The van der Waals surface area contributed by atoms with Crippen LogP contribution in [0.1, 0.15) is 120 Å². The molecule has 0 radical (unpaired) electrons. The molecule has 14 nitrogen and oxygen atoms in total. The van der Waals surface area contributed by atoms with Crippen molar-refractivity contribution in [1.29, 1.82) is 0 Å². The summed E-state index contributed by atoms with van der Waals surface area (Å²) in [5.41, 5.74) is 4.14. The van der Waals surface area contributed by atoms with Crippen molar-refractivity contribution >= 4 is 39.2 Å². The average Bonchev–Trinajstić information content (AvgIpc) is 3.53. The van der Waals surface area contributed by atoms with E-state index in [-0.39, 0.29) is 34.9 Å². The largest absolute Gasteiger partial charge is 0.493 e. The maximum absolute atomic E-state index is 14.0. The van der Waals surface area contributed by atoms with Crippen LogP contribution in [0.5, 0.6) is 11.5 Å². The van der Waals surface area contributed by atoms with Gasteiger partial charge in [-0.05, 0) is 150 Å². The van der Waals surface area contributed by atoms with Crippen LogP contribution in [0.3, 0.4) is 0 Å². The first-order valence-corrected chi connectivity index (χ1v) is 25.3. The quantitative estimate of drug-likeness (QED) is 0.172. The molecule has 0 bridgehead atoms. The first-order chi connectivity index (χ1) is 30.9. The maximum atomic E-state index is 14.0. The molecule has 3 aromatic rings. The highest BCUT2D eigenvalue weighted by Crippen LogP contribution is 2.38. The fourth-order valence-electron chi connectivity index (χ4n) is 10.6. The summed E-state index contributed by atoms with van der Waals surface area (Å²) in [6.07, 6.45) is 9.93. The number of ether oxygens (including phenoxy) is 2. The molecule has 2 N–H and O–H groups in total. The van der Waals surface area contributed by atoms with Gasteiger partial charge in [-0.15, -0.1) is 0 Å². The van der Waals surface area contributed by atoms with Gasteiger partial charge in [-0.3, -0.25) is 29.4 Å². The Kier molecular flexibility index (Phi) is 14.4. The average molecular weight is 897 g/mol. The van der Waals surface area contributed by atoms with Gasteiger partial charge in [0.1, 0.15) is 9.84 Å². The van der Waals surface area contributed by atoms with E-state index in [0.29, 0.717) is 48.5 Å². The molecular formula is C49H64N6O8S. The van der Waals surface area contributed by atoms with E-state index in [9.17, 15) is 27.6 Å². The number of amides is 4. The van der Waals surface area contributed by atoms with Gasteiger partial charge in [-0.1, -0.05) is 30.3 Å². The third-order valence-electron chi connectivity index (χ3n) is 14.1. The van der Waals surface area contributed by atoms with Gasteiger partial charge in [0.15, 0.2) is 11.5 Å². The van der Waals surface area contributed by atoms with Gasteiger partial charge < -0.3 is 29.5 Å². The van der Waals surface area contributed by atoms with Crippen LogP contribution in [0.2, 0.25) is 0 Å². The normalized spacial score (nSPS) is 21.8. The summed E-state index contributed by atoms with van der Waals surface area (Å²) in [6, 6.07) is 18.6. The smallest absolute Gasteiger partial charge is 0.262 e. The van der Waals surface area contributed by atoms with Crippen LogP contribution in [-0.4, -0.2) is 142 Å². The summed E-state index contributed by atoms with van der Waals surface area (Å²) in [5.74, 6) is -0.599. The SMILES string of the molecule is CCOc1cc(C(CS(C)(=O)=O)N2C(=O)c3ccc(NC4CCN(C5CCN(CCCN6CCC(c7ccc(C8CCC(=O)NC8=O)cc7)CC6)CC5)CC4)cc3C2=O)ccc1OC. The Morgan fingerprint density at radius 1 is 0.750 bits per heavy atom. The van der Waals surface area contributed by atoms with E-state index < -0.39 is 33.4 Å². The highest BCUT2D eigenvalue weighted by Gasteiger charge is 2.42. The number of nitrogens with one attached hydrogen (secondary N) is 2. The number of imide groups is 2. The van der Waals surface area contributed by atoms with Crippen LogP contribution in [0, 0.1) is 0 Å². The molecule has 0 spiro atoms. The van der Waals surface area contributed by atoms with E-state index in [2.05, 4.69) is 49.6 Å². The van der Waals surface area contributed by atoms with Crippen LogP contribution >= 0.6 is 0 Å². The Balaban J connectivity index is 0.756. The first-order valence-electron chi connectivity index (χ1n) is 23.3. The molecule has 4 amide bonds. The first kappa shape index (κ1) is 45.7. The molecule has 64 heavy (non-hydrogen) atoms. The van der Waals surface area contributed by atoms with Crippen molar-refractivity contribution < 1.29 is 37.1 Å². The van der Waals surface area contributed by atoms with Crippen molar-refractivity contribution in [3.8, 4) is 11.5 Å². The predicted octanol–water partition coefficient (Wildman–Crippen LogP) is 5.61. The highest BCUT2D eigenvalue weighted by atomic mass is 32.2. The second-order valence-corrected chi connectivity index (χ2v) is 20.5. The standard InChI is InChI=1S/C49H64N6O8S/c1-4-63-45-30-36(10-14-44(45)62-2)43(32-64(3,60)61)55-48(58)41-12-11-38(31-42(41)49(55)59)50-37-18-28-54(29-19-37)39-20-26-53(27-21-39)23-5-22-52-24-16-34(17-25-52)33-6-8-35(9-7-33)40-13-15-46(56)51-47(40)57/h6-12,14,30-31,34,37,39-40,43,50H,4-5,13,15-29,32H2,1-3H3,(H,51,56,57). The molecule has 5 aliphatic rings. The lowest BCUT2D eigenvalue weighted by Gasteiger charge is -2.42. The summed E-state index contributed by atoms with van der Waals surface area (Å²) < 4.78 is 36.4. The number of methoxy groups -OCH3 is 1. The molecule has 2 unspecified atom stereocenters. The number of fused-ring (bicyclic) bond motifs is 1. The van der Waals surface area contributed by atoms with E-state index in [4.69, 9.17) is 9.47 Å². The van der Waals surface area contributed by atoms with Crippen LogP contribution in [-0.2, 0) is 19.4 Å². The van der Waals surface area contributed by atoms with E-state index >= 15 is 0 Å². The summed E-state index contributed by atoms with van der Waals surface area (Å²) in [6.45, 7) is 11.0. The Labute approximate surface area is 377 Å². The van der Waals surface area contributed by atoms with Crippen LogP contribution < -0.4 is 20.1 Å². The van der Waals surface area contributed by atoms with E-state index in [1.807, 2.05) is 13.0 Å². The van der Waals surface area contributed by atoms with Gasteiger partial charge in [0.25, 0.3) is 11.8 Å². The van der Waals surface area contributed by atoms with E-state index in [0.717, 1.165) is 100 Å². The second-order valence-electron chi connectivity index (χ2n) is 18.4. The lowest BCUT2D eigenvalue weighted by molar-refractivity contribution is -0.134. The molecule has 4 fully saturated rings. The van der Waals surface area contributed by atoms with Gasteiger partial charge in [0.2, 0.25) is 11.8 Å². The minimum atomic E-state index is -3.60. The molecule has 0 aliphatic carbocycles. The third-order valence-corrected chi connectivity index (χ3v) is 15.0. The zero-order valence-electron chi connectivity index (χ0n) is 37.6. The number of hydrogen-bond acceptors (Lipinski definition) is 12. The number of anilines is 1. The Hall–Kier alpha value is -4.83. The molecule has 2 atom stereocenters. The number of benzene rings is 3. The number of sulfone groups is 1. The number of rotatable bonds is 16. The van der Waals surface area contributed by atoms with Gasteiger partial charge in [-0.25, -0.2) is 8.42 Å². The van der Waals surface area contributed by atoms with Gasteiger partial charge in [-0.2, -0.15) is 0 Å². The van der Waals surface area contributed by atoms with Crippen molar-refractivity contribution in [3.05, 3.63) is 88.5 Å². The number of likely N-dealkylation sites (tertiary alicyclic amines) is 3. The molecule has 0 saturated carbocycles. The third kappa shape index (κ3) is 10.6. The Bertz CT molecular complexity index is 2280. The van der Waals surface area contributed by atoms with Crippen LogP contribution in [0.4, 0.5) is 5.69 Å². The minimum absolute atomic E-state index is 0.175. The number of hydrogen-bond donors (Lipinski definition) is 2. The summed E-state index contributed by atoms with van der Waals surface area (Å²) >= 11 is 0. The molecule has 344 valence electrons. The van der Waals surface area contributed by atoms with Crippen molar-refractivity contribution in [2.45, 2.75) is 94.7 Å². The fourth-order valence-corrected chi connectivity index (χ4v) is 11.5. The summed E-state index contributed by atoms with van der Waals surface area (Å²) in [7, 11) is -2.08. The molecule has 0 aromatic heterocycles. The van der Waals surface area contributed by atoms with Crippen LogP contribution in [0.15, 0.2) is 60.7 Å². The molecule has 5 heterocycles. The van der Waals surface area contributed by atoms with Gasteiger partial charge in [0.05, 0.1) is 42.6 Å². The van der Waals surface area contributed by atoms with E-state index in [1.165, 1.54) is 31.9 Å². The van der Waals surface area contributed by atoms with Gasteiger partial charge in [0, 0.05) is 43.5 Å². The zero-order chi connectivity index (χ0) is 45.0. The Morgan fingerprint density at radius 2 is 1.41 bits per heavy atom. The lowest BCUT2D eigenvalue weighted by atomic mass is 9.86. The van der Waals surface area contributed by atoms with Crippen molar-refractivity contribution in [2.75, 3.05) is 83.4 Å². The predicted molar refractivity (Wildman–Crippen MR) is 246 cm³/mol. The van der Waals surface area contributed by atoms with Crippen molar-refractivity contribution in [2.24, 2.45) is 0 Å². The molecule has 8 rings (SSSR count). The molecule has 3 aromatic carbocycles. The minimum Gasteiger partial charge on any atom is -0.493 e. The maximum Gasteiger partial charge on any atom is 0.262 e. The lowest BCUT2D eigenvalue weighted by Crippen LogP contribution is -2.49.